The van der Waals surface area contributed by atoms with Crippen molar-refractivity contribution in [2.24, 2.45) is 0 Å². The zero-order chi connectivity index (χ0) is 9.26. The van der Waals surface area contributed by atoms with E-state index in [0.29, 0.717) is 5.92 Å². The van der Waals surface area contributed by atoms with Crippen LogP contribution in [0, 0.1) is 0 Å². The third kappa shape index (κ3) is 2.27. The van der Waals surface area contributed by atoms with Gasteiger partial charge in [0, 0.05) is 18.6 Å². The Balaban J connectivity index is 2.28. The van der Waals surface area contributed by atoms with E-state index in [9.17, 15) is 0 Å². The Morgan fingerprint density at radius 2 is 2.00 bits per heavy atom. The van der Waals surface area contributed by atoms with Crippen LogP contribution < -0.4 is 0 Å². The minimum Gasteiger partial charge on any atom is -0.381 e. The lowest BCUT2D eigenvalue weighted by atomic mass is 10.1. The Morgan fingerprint density at radius 3 is 2.54 bits per heavy atom. The van der Waals surface area contributed by atoms with Gasteiger partial charge in [-0.15, -0.1) is 0 Å². The minimum atomic E-state index is 0.355. The largest absolute Gasteiger partial charge is 0.381 e. The fourth-order valence-electron chi connectivity index (χ4n) is 1.33. The average molecular weight is 308 g/mol. The average Bonchev–Trinajstić information content (AvgIpc) is 2.53. The van der Waals surface area contributed by atoms with Gasteiger partial charge in [0.1, 0.15) is 15.0 Å². The summed E-state index contributed by atoms with van der Waals surface area (Å²) in [5.41, 5.74) is 0. The minimum absolute atomic E-state index is 0.355. The van der Waals surface area contributed by atoms with Gasteiger partial charge in [-0.3, -0.25) is 0 Å². The number of aromatic nitrogens is 2. The number of halogens is 2. The molecule has 0 aliphatic carbocycles. The molecule has 1 aromatic rings. The Morgan fingerprint density at radius 1 is 1.31 bits per heavy atom. The maximum Gasteiger partial charge on any atom is 0.136 e. The highest BCUT2D eigenvalue weighted by Crippen LogP contribution is 2.24. The number of hydrogen-bond acceptors (Lipinski definition) is 3. The van der Waals surface area contributed by atoms with Crippen molar-refractivity contribution in [3.63, 3.8) is 0 Å². The monoisotopic (exact) mass is 306 g/mol. The highest BCUT2D eigenvalue weighted by molar-refractivity contribution is 9.11. The third-order valence-electron chi connectivity index (χ3n) is 1.98. The Hall–Kier alpha value is -0.0000000000000000833. The van der Waals surface area contributed by atoms with E-state index in [1.54, 1.807) is 0 Å². The van der Waals surface area contributed by atoms with Crippen molar-refractivity contribution in [3.8, 4) is 0 Å². The lowest BCUT2D eigenvalue weighted by molar-refractivity contribution is 0.193. The van der Waals surface area contributed by atoms with Gasteiger partial charge in [-0.2, -0.15) is 0 Å². The van der Waals surface area contributed by atoms with Crippen LogP contribution in [0.1, 0.15) is 18.2 Å². The maximum atomic E-state index is 5.28. The van der Waals surface area contributed by atoms with Crippen LogP contribution in [-0.4, -0.2) is 23.2 Å². The molecule has 2 heterocycles. The smallest absolute Gasteiger partial charge is 0.136 e. The molecule has 0 radical (unpaired) electrons. The summed E-state index contributed by atoms with van der Waals surface area (Å²) in [7, 11) is 0. The number of ether oxygens (including phenoxy) is 1. The molecule has 1 aliphatic rings. The van der Waals surface area contributed by atoms with Crippen molar-refractivity contribution in [1.29, 1.82) is 0 Å². The molecule has 70 valence electrons. The van der Waals surface area contributed by atoms with Gasteiger partial charge in [0.15, 0.2) is 0 Å². The molecule has 0 saturated carbocycles. The topological polar surface area (TPSA) is 35.0 Å². The normalized spacial score (nSPS) is 22.2. The zero-order valence-corrected chi connectivity index (χ0v) is 10.0. The molecule has 0 bridgehead atoms. The van der Waals surface area contributed by atoms with Crippen LogP contribution in [0.2, 0.25) is 0 Å². The number of nitrogens with zero attached hydrogens (tertiary/aromatic N) is 2. The molecule has 0 amide bonds. The molecule has 0 aromatic carbocycles. The summed E-state index contributed by atoms with van der Waals surface area (Å²) in [6, 6.07) is 1.83. The van der Waals surface area contributed by atoms with Crippen LogP contribution in [0.15, 0.2) is 15.3 Å². The molecule has 3 nitrogen and oxygen atoms in total. The van der Waals surface area contributed by atoms with Gasteiger partial charge in [-0.25, -0.2) is 9.97 Å². The molecule has 5 heteroatoms. The predicted molar refractivity (Wildman–Crippen MR) is 55.6 cm³/mol. The van der Waals surface area contributed by atoms with Crippen molar-refractivity contribution >= 4 is 31.9 Å². The van der Waals surface area contributed by atoms with Crippen LogP contribution in [0.5, 0.6) is 0 Å². The van der Waals surface area contributed by atoms with E-state index >= 15 is 0 Å². The van der Waals surface area contributed by atoms with Crippen molar-refractivity contribution < 1.29 is 4.74 Å². The van der Waals surface area contributed by atoms with Gasteiger partial charge in [-0.1, -0.05) is 0 Å². The summed E-state index contributed by atoms with van der Waals surface area (Å²) >= 11 is 6.68. The number of hydrogen-bond donors (Lipinski definition) is 0. The number of rotatable bonds is 1. The van der Waals surface area contributed by atoms with Gasteiger partial charge < -0.3 is 4.74 Å². The molecule has 1 atom stereocenters. The highest BCUT2D eigenvalue weighted by Gasteiger charge is 2.20. The van der Waals surface area contributed by atoms with Gasteiger partial charge in [0.25, 0.3) is 0 Å². The molecule has 1 aliphatic heterocycles. The molecule has 1 fully saturated rings. The predicted octanol–water partition coefficient (Wildman–Crippen LogP) is 2.51. The van der Waals surface area contributed by atoms with Crippen LogP contribution >= 0.6 is 31.9 Å². The molecule has 1 unspecified atom stereocenters. The molecule has 1 aromatic heterocycles. The Labute approximate surface area is 93.2 Å². The summed E-state index contributed by atoms with van der Waals surface area (Å²) < 4.78 is 6.91. The first-order valence-electron chi connectivity index (χ1n) is 4.03. The van der Waals surface area contributed by atoms with Gasteiger partial charge >= 0.3 is 0 Å². The molecule has 1 saturated heterocycles. The second-order valence-corrected chi connectivity index (χ2v) is 4.56. The first-order chi connectivity index (χ1) is 6.25. The van der Waals surface area contributed by atoms with E-state index in [-0.39, 0.29) is 0 Å². The summed E-state index contributed by atoms with van der Waals surface area (Å²) in [4.78, 5) is 8.62. The van der Waals surface area contributed by atoms with E-state index in [2.05, 4.69) is 41.8 Å². The molecule has 13 heavy (non-hydrogen) atoms. The highest BCUT2D eigenvalue weighted by atomic mass is 79.9. The summed E-state index contributed by atoms with van der Waals surface area (Å²) in [6.45, 7) is 1.56. The Bertz CT molecular complexity index is 293. The van der Waals surface area contributed by atoms with Crippen molar-refractivity contribution in [1.82, 2.24) is 9.97 Å². The Kier molecular flexibility index (Phi) is 2.96. The van der Waals surface area contributed by atoms with E-state index in [0.717, 1.165) is 34.7 Å². The van der Waals surface area contributed by atoms with E-state index < -0.39 is 0 Å². The van der Waals surface area contributed by atoms with Crippen LogP contribution in [0.3, 0.4) is 0 Å². The van der Waals surface area contributed by atoms with Crippen molar-refractivity contribution in [2.45, 2.75) is 12.3 Å². The van der Waals surface area contributed by atoms with Gasteiger partial charge in [-0.05, 0) is 38.3 Å². The second kappa shape index (κ2) is 4.02. The summed E-state index contributed by atoms with van der Waals surface area (Å²) in [6.07, 6.45) is 1.02. The van der Waals surface area contributed by atoms with Crippen molar-refractivity contribution in [3.05, 3.63) is 21.1 Å². The maximum absolute atomic E-state index is 5.28. The van der Waals surface area contributed by atoms with Crippen LogP contribution in [-0.2, 0) is 4.74 Å². The van der Waals surface area contributed by atoms with Gasteiger partial charge in [0.05, 0.1) is 6.61 Å². The van der Waals surface area contributed by atoms with Crippen LogP contribution in [0.4, 0.5) is 0 Å². The first kappa shape index (κ1) is 9.55. The summed E-state index contributed by atoms with van der Waals surface area (Å²) in [5.74, 6) is 1.22. The van der Waals surface area contributed by atoms with Crippen molar-refractivity contribution in [2.75, 3.05) is 13.2 Å². The van der Waals surface area contributed by atoms with Gasteiger partial charge in [0.2, 0.25) is 0 Å². The van der Waals surface area contributed by atoms with E-state index in [1.807, 2.05) is 6.07 Å². The molecule has 0 spiro atoms. The van der Waals surface area contributed by atoms with Crippen LogP contribution in [0.25, 0.3) is 0 Å². The molecule has 2 rings (SSSR count). The van der Waals surface area contributed by atoms with E-state index in [4.69, 9.17) is 4.74 Å². The second-order valence-electron chi connectivity index (χ2n) is 2.93. The van der Waals surface area contributed by atoms with E-state index in [1.165, 1.54) is 0 Å². The third-order valence-corrected chi connectivity index (χ3v) is 2.79. The first-order valence-corrected chi connectivity index (χ1v) is 5.62. The SMILES string of the molecule is Brc1cc(Br)nc(C2CCOC2)n1. The fraction of sp³-hybridized carbons (Fsp3) is 0.500. The molecular formula is C8H8Br2N2O. The lowest BCUT2D eigenvalue weighted by Gasteiger charge is -2.06. The standard InChI is InChI=1S/C8H8Br2N2O/c9-6-3-7(10)12-8(11-6)5-1-2-13-4-5/h3,5H,1-2,4H2. The fourth-order valence-corrected chi connectivity index (χ4v) is 2.43. The lowest BCUT2D eigenvalue weighted by Crippen LogP contribution is -2.04. The quantitative estimate of drug-likeness (QED) is 0.748. The summed E-state index contributed by atoms with van der Waals surface area (Å²) in [5, 5.41) is 0. The zero-order valence-electron chi connectivity index (χ0n) is 6.83. The molecule has 0 N–H and O–H groups in total. The molecular weight excluding hydrogens is 300 g/mol.